The largest absolute Gasteiger partial charge is 0.481 e. The van der Waals surface area contributed by atoms with Crippen LogP contribution in [-0.2, 0) is 16.1 Å². The molecule has 1 atom stereocenters. The SMILES string of the molecule is CCCn1cc(N2C[C@@H](C(=O)O)CC2=O)cn1. The highest BCUT2D eigenvalue weighted by molar-refractivity contribution is 5.98. The second kappa shape index (κ2) is 4.57. The molecule has 0 aromatic carbocycles. The Labute approximate surface area is 98.8 Å². The fourth-order valence-corrected chi connectivity index (χ4v) is 1.97. The van der Waals surface area contributed by atoms with Gasteiger partial charge in [0.2, 0.25) is 5.91 Å². The second-order valence-electron chi connectivity index (χ2n) is 4.21. The van der Waals surface area contributed by atoms with Gasteiger partial charge in [-0.2, -0.15) is 5.10 Å². The quantitative estimate of drug-likeness (QED) is 0.837. The second-order valence-corrected chi connectivity index (χ2v) is 4.21. The summed E-state index contributed by atoms with van der Waals surface area (Å²) < 4.78 is 1.76. The fraction of sp³-hybridized carbons (Fsp3) is 0.545. The summed E-state index contributed by atoms with van der Waals surface area (Å²) in [5.41, 5.74) is 0.687. The number of anilines is 1. The number of carbonyl (C=O) groups is 2. The first-order chi connectivity index (χ1) is 8.11. The van der Waals surface area contributed by atoms with E-state index in [1.807, 2.05) is 6.92 Å². The molecule has 1 fully saturated rings. The van der Waals surface area contributed by atoms with Gasteiger partial charge in [-0.1, -0.05) is 6.92 Å². The number of carboxylic acid groups (broad SMARTS) is 1. The van der Waals surface area contributed by atoms with Crippen LogP contribution < -0.4 is 4.90 Å². The number of carbonyl (C=O) groups excluding carboxylic acids is 1. The van der Waals surface area contributed by atoms with Crippen LogP contribution in [0.2, 0.25) is 0 Å². The Morgan fingerprint density at radius 3 is 3.00 bits per heavy atom. The summed E-state index contributed by atoms with van der Waals surface area (Å²) in [5, 5.41) is 13.0. The van der Waals surface area contributed by atoms with Gasteiger partial charge in [0.25, 0.3) is 0 Å². The Bertz CT molecular complexity index is 441. The van der Waals surface area contributed by atoms with Crippen LogP contribution in [0.5, 0.6) is 0 Å². The molecule has 2 heterocycles. The van der Waals surface area contributed by atoms with E-state index in [4.69, 9.17) is 5.11 Å². The summed E-state index contributed by atoms with van der Waals surface area (Å²) in [6, 6.07) is 0. The van der Waals surface area contributed by atoms with E-state index in [2.05, 4.69) is 5.10 Å². The zero-order valence-electron chi connectivity index (χ0n) is 9.67. The summed E-state index contributed by atoms with van der Waals surface area (Å²) >= 11 is 0. The number of carboxylic acids is 1. The van der Waals surface area contributed by atoms with Crippen LogP contribution in [0.15, 0.2) is 12.4 Å². The third-order valence-corrected chi connectivity index (χ3v) is 2.86. The van der Waals surface area contributed by atoms with E-state index in [0.29, 0.717) is 5.69 Å². The molecule has 92 valence electrons. The van der Waals surface area contributed by atoms with E-state index >= 15 is 0 Å². The predicted octanol–water partition coefficient (Wildman–Crippen LogP) is 0.731. The molecule has 0 radical (unpaired) electrons. The molecule has 2 rings (SSSR count). The van der Waals surface area contributed by atoms with Crippen LogP contribution in [0.1, 0.15) is 19.8 Å². The number of aromatic nitrogens is 2. The highest BCUT2D eigenvalue weighted by Crippen LogP contribution is 2.24. The Kier molecular flexibility index (Phi) is 3.12. The summed E-state index contributed by atoms with van der Waals surface area (Å²) in [6.07, 6.45) is 4.44. The summed E-state index contributed by atoms with van der Waals surface area (Å²) in [7, 11) is 0. The highest BCUT2D eigenvalue weighted by atomic mass is 16.4. The van der Waals surface area contributed by atoms with Gasteiger partial charge in [-0.25, -0.2) is 0 Å². The lowest BCUT2D eigenvalue weighted by molar-refractivity contribution is -0.141. The normalized spacial score (nSPS) is 19.9. The van der Waals surface area contributed by atoms with Crippen molar-refractivity contribution in [2.75, 3.05) is 11.4 Å². The number of hydrogen-bond donors (Lipinski definition) is 1. The molecule has 1 aliphatic heterocycles. The van der Waals surface area contributed by atoms with Crippen molar-refractivity contribution in [3.05, 3.63) is 12.4 Å². The van der Waals surface area contributed by atoms with Gasteiger partial charge in [0.1, 0.15) is 0 Å². The molecule has 1 saturated heterocycles. The number of rotatable bonds is 4. The zero-order valence-corrected chi connectivity index (χ0v) is 9.67. The monoisotopic (exact) mass is 237 g/mol. The van der Waals surface area contributed by atoms with Crippen LogP contribution >= 0.6 is 0 Å². The van der Waals surface area contributed by atoms with E-state index in [9.17, 15) is 9.59 Å². The van der Waals surface area contributed by atoms with E-state index in [0.717, 1.165) is 13.0 Å². The molecule has 1 amide bonds. The maximum Gasteiger partial charge on any atom is 0.308 e. The van der Waals surface area contributed by atoms with Crippen molar-refractivity contribution >= 4 is 17.6 Å². The molecule has 6 heteroatoms. The summed E-state index contributed by atoms with van der Waals surface area (Å²) in [6.45, 7) is 3.08. The first-order valence-electron chi connectivity index (χ1n) is 5.67. The molecule has 1 aliphatic rings. The maximum atomic E-state index is 11.7. The number of aliphatic carboxylic acids is 1. The van der Waals surface area contributed by atoms with Gasteiger partial charge < -0.3 is 10.0 Å². The van der Waals surface area contributed by atoms with E-state index in [-0.39, 0.29) is 18.9 Å². The Hall–Kier alpha value is -1.85. The minimum Gasteiger partial charge on any atom is -0.481 e. The number of nitrogens with zero attached hydrogens (tertiary/aromatic N) is 3. The van der Waals surface area contributed by atoms with Crippen molar-refractivity contribution in [1.82, 2.24) is 9.78 Å². The van der Waals surface area contributed by atoms with Gasteiger partial charge in [-0.05, 0) is 6.42 Å². The molecule has 0 aliphatic carbocycles. The fourth-order valence-electron chi connectivity index (χ4n) is 1.97. The van der Waals surface area contributed by atoms with E-state index in [1.54, 1.807) is 17.1 Å². The average molecular weight is 237 g/mol. The van der Waals surface area contributed by atoms with Gasteiger partial charge in [0, 0.05) is 25.7 Å². The molecule has 1 N–H and O–H groups in total. The third-order valence-electron chi connectivity index (χ3n) is 2.86. The van der Waals surface area contributed by atoms with Crippen LogP contribution in [0, 0.1) is 5.92 Å². The van der Waals surface area contributed by atoms with Gasteiger partial charge >= 0.3 is 5.97 Å². The number of hydrogen-bond acceptors (Lipinski definition) is 3. The van der Waals surface area contributed by atoms with E-state index < -0.39 is 11.9 Å². The smallest absolute Gasteiger partial charge is 0.308 e. The first kappa shape index (κ1) is 11.6. The molecule has 17 heavy (non-hydrogen) atoms. The molecule has 1 aromatic rings. The zero-order chi connectivity index (χ0) is 12.4. The lowest BCUT2D eigenvalue weighted by Crippen LogP contribution is -2.25. The van der Waals surface area contributed by atoms with Crippen LogP contribution in [0.25, 0.3) is 0 Å². The molecule has 6 nitrogen and oxygen atoms in total. The van der Waals surface area contributed by atoms with E-state index in [1.165, 1.54) is 4.90 Å². The molecule has 1 aromatic heterocycles. The minimum absolute atomic E-state index is 0.0777. The summed E-state index contributed by atoms with van der Waals surface area (Å²) in [4.78, 5) is 24.0. The highest BCUT2D eigenvalue weighted by Gasteiger charge is 2.35. The summed E-state index contributed by atoms with van der Waals surface area (Å²) in [5.74, 6) is -1.66. The van der Waals surface area contributed by atoms with Crippen molar-refractivity contribution in [2.24, 2.45) is 5.92 Å². The molecule has 0 saturated carbocycles. The molecular formula is C11H15N3O3. The topological polar surface area (TPSA) is 75.4 Å². The van der Waals surface area contributed by atoms with Gasteiger partial charge in [-0.15, -0.1) is 0 Å². The van der Waals surface area contributed by atoms with Crippen LogP contribution in [0.4, 0.5) is 5.69 Å². The van der Waals surface area contributed by atoms with Gasteiger partial charge in [0.05, 0.1) is 17.8 Å². The Balaban J connectivity index is 2.11. The number of aryl methyl sites for hydroxylation is 1. The average Bonchev–Trinajstić information content (AvgIpc) is 2.85. The van der Waals surface area contributed by atoms with Crippen LogP contribution in [-0.4, -0.2) is 33.3 Å². The van der Waals surface area contributed by atoms with Crippen molar-refractivity contribution in [3.8, 4) is 0 Å². The molecular weight excluding hydrogens is 222 g/mol. The van der Waals surface area contributed by atoms with Crippen molar-refractivity contribution in [1.29, 1.82) is 0 Å². The molecule has 0 spiro atoms. The van der Waals surface area contributed by atoms with Gasteiger partial charge in [-0.3, -0.25) is 14.3 Å². The Morgan fingerprint density at radius 1 is 1.65 bits per heavy atom. The number of amides is 1. The van der Waals surface area contributed by atoms with Crippen molar-refractivity contribution < 1.29 is 14.7 Å². The minimum atomic E-state index is -0.915. The molecule has 0 unspecified atom stereocenters. The van der Waals surface area contributed by atoms with Gasteiger partial charge in [0.15, 0.2) is 0 Å². The van der Waals surface area contributed by atoms with Crippen LogP contribution in [0.3, 0.4) is 0 Å². The maximum absolute atomic E-state index is 11.7. The lowest BCUT2D eigenvalue weighted by atomic mass is 10.1. The lowest BCUT2D eigenvalue weighted by Gasteiger charge is -2.12. The third kappa shape index (κ3) is 2.30. The first-order valence-corrected chi connectivity index (χ1v) is 5.67. The Morgan fingerprint density at radius 2 is 2.41 bits per heavy atom. The molecule has 0 bridgehead atoms. The predicted molar refractivity (Wildman–Crippen MR) is 60.6 cm³/mol. The van der Waals surface area contributed by atoms with Crippen molar-refractivity contribution in [3.63, 3.8) is 0 Å². The van der Waals surface area contributed by atoms with Crippen molar-refractivity contribution in [2.45, 2.75) is 26.3 Å². The standard InChI is InChI=1S/C11H15N3O3/c1-2-3-13-7-9(5-12-13)14-6-8(11(16)17)4-10(14)15/h5,7-8H,2-4,6H2,1H3,(H,16,17)/t8-/m0/s1.